The molecule has 0 aliphatic carbocycles. The Labute approximate surface area is 124 Å². The van der Waals surface area contributed by atoms with Gasteiger partial charge in [0.25, 0.3) is 0 Å². The highest BCUT2D eigenvalue weighted by atomic mass is 16.3. The van der Waals surface area contributed by atoms with Crippen LogP contribution in [0.25, 0.3) is 0 Å². The molecule has 0 saturated heterocycles. The van der Waals surface area contributed by atoms with E-state index in [0.29, 0.717) is 0 Å². The van der Waals surface area contributed by atoms with Crippen molar-refractivity contribution < 1.29 is 5.11 Å². The summed E-state index contributed by atoms with van der Waals surface area (Å²) in [4.78, 5) is 0. The van der Waals surface area contributed by atoms with E-state index in [0.717, 1.165) is 36.8 Å². The molecule has 110 valence electrons. The first kappa shape index (κ1) is 16.7. The van der Waals surface area contributed by atoms with Crippen LogP contribution >= 0.6 is 0 Å². The highest BCUT2D eigenvalue weighted by Gasteiger charge is 2.31. The van der Waals surface area contributed by atoms with Gasteiger partial charge in [0.2, 0.25) is 0 Å². The Kier molecular flexibility index (Phi) is 6.22. The van der Waals surface area contributed by atoms with Crippen LogP contribution in [-0.4, -0.2) is 10.7 Å². The highest BCUT2D eigenvalue weighted by molar-refractivity contribution is 5.18. The highest BCUT2D eigenvalue weighted by Crippen LogP contribution is 2.33. The maximum Gasteiger partial charge on any atom is 0.0682 e. The van der Waals surface area contributed by atoms with Crippen LogP contribution in [0.15, 0.2) is 54.6 Å². The van der Waals surface area contributed by atoms with Crippen LogP contribution in [0.5, 0.6) is 0 Å². The summed E-state index contributed by atoms with van der Waals surface area (Å²) in [5.41, 5.74) is 2.82. The minimum atomic E-state index is -0.693. The number of allylic oxidation sites excluding steroid dienone is 1. The van der Waals surface area contributed by atoms with Crippen LogP contribution < -0.4 is 0 Å². The van der Waals surface area contributed by atoms with Gasteiger partial charge in [-0.2, -0.15) is 0 Å². The summed E-state index contributed by atoms with van der Waals surface area (Å²) in [5, 5.41) is 10.7. The maximum absolute atomic E-state index is 10.7. The Hall–Kier alpha value is -1.34. The fourth-order valence-electron chi connectivity index (χ4n) is 2.67. The predicted molar refractivity (Wildman–Crippen MR) is 87.7 cm³/mol. The molecule has 1 heteroatoms. The van der Waals surface area contributed by atoms with E-state index in [1.807, 2.05) is 26.8 Å². The van der Waals surface area contributed by atoms with Crippen molar-refractivity contribution in [2.24, 2.45) is 5.92 Å². The van der Waals surface area contributed by atoms with E-state index in [-0.39, 0.29) is 5.92 Å². The van der Waals surface area contributed by atoms with Gasteiger partial charge in [0.15, 0.2) is 0 Å². The number of hydrogen-bond acceptors (Lipinski definition) is 1. The molecule has 0 heterocycles. The monoisotopic (exact) mass is 272 g/mol. The number of hydrogen-bond donors (Lipinski definition) is 1. The molecule has 1 aromatic rings. The smallest absolute Gasteiger partial charge is 0.0682 e. The zero-order chi connectivity index (χ0) is 15.2. The summed E-state index contributed by atoms with van der Waals surface area (Å²) in [5.74, 6) is 0.115. The topological polar surface area (TPSA) is 20.2 Å². The van der Waals surface area contributed by atoms with Crippen molar-refractivity contribution in [1.29, 1.82) is 0 Å². The van der Waals surface area contributed by atoms with Crippen LogP contribution in [0.3, 0.4) is 0 Å². The van der Waals surface area contributed by atoms with Crippen LogP contribution in [0.1, 0.15) is 45.6 Å². The van der Waals surface area contributed by atoms with Gasteiger partial charge in [-0.15, -0.1) is 0 Å². The molecule has 1 rings (SSSR count). The molecule has 1 aromatic carbocycles. The Morgan fingerprint density at radius 1 is 1.25 bits per heavy atom. The second-order valence-corrected chi connectivity index (χ2v) is 6.08. The van der Waals surface area contributed by atoms with Crippen molar-refractivity contribution in [2.45, 2.75) is 52.1 Å². The largest absolute Gasteiger partial charge is 0.390 e. The zero-order valence-corrected chi connectivity index (χ0v) is 13.2. The summed E-state index contributed by atoms with van der Waals surface area (Å²) >= 11 is 0. The lowest BCUT2D eigenvalue weighted by molar-refractivity contribution is 0.00617. The number of rotatable bonds is 8. The normalized spacial score (nSPS) is 15.4. The number of benzene rings is 1. The van der Waals surface area contributed by atoms with E-state index >= 15 is 0 Å². The Bertz CT molecular complexity index is 442. The first-order chi connectivity index (χ1) is 9.36. The first-order valence-electron chi connectivity index (χ1n) is 7.45. The Morgan fingerprint density at radius 3 is 2.35 bits per heavy atom. The third-order valence-electron chi connectivity index (χ3n) is 4.05. The number of aryl methyl sites for hydroxylation is 1. The average Bonchev–Trinajstić information content (AvgIpc) is 2.39. The van der Waals surface area contributed by atoms with Crippen molar-refractivity contribution in [1.82, 2.24) is 0 Å². The van der Waals surface area contributed by atoms with Crippen LogP contribution in [0.4, 0.5) is 0 Å². The fourth-order valence-corrected chi connectivity index (χ4v) is 2.67. The molecule has 2 unspecified atom stereocenters. The predicted octanol–water partition coefficient (Wildman–Crippen LogP) is 4.92. The summed E-state index contributed by atoms with van der Waals surface area (Å²) < 4.78 is 0. The summed E-state index contributed by atoms with van der Waals surface area (Å²) in [6.45, 7) is 14.1. The third-order valence-corrected chi connectivity index (χ3v) is 4.05. The van der Waals surface area contributed by atoms with Crippen LogP contribution in [0.2, 0.25) is 0 Å². The van der Waals surface area contributed by atoms with Crippen LogP contribution in [0, 0.1) is 5.92 Å². The molecule has 0 aliphatic rings. The van der Waals surface area contributed by atoms with Crippen molar-refractivity contribution in [3.05, 3.63) is 60.2 Å². The summed E-state index contributed by atoms with van der Waals surface area (Å²) in [6.07, 6.45) is 3.44. The lowest BCUT2D eigenvalue weighted by Gasteiger charge is -2.34. The lowest BCUT2D eigenvalue weighted by atomic mass is 9.76. The molecule has 2 atom stereocenters. The Balaban J connectivity index is 2.78. The fraction of sp³-hybridized carbons (Fsp3) is 0.474. The maximum atomic E-state index is 10.7. The minimum Gasteiger partial charge on any atom is -0.390 e. The molecule has 0 radical (unpaired) electrons. The van der Waals surface area contributed by atoms with Gasteiger partial charge in [0.05, 0.1) is 5.60 Å². The van der Waals surface area contributed by atoms with Crippen molar-refractivity contribution >= 4 is 0 Å². The molecule has 0 saturated carbocycles. The molecule has 0 bridgehead atoms. The molecule has 0 spiro atoms. The summed E-state index contributed by atoms with van der Waals surface area (Å²) in [6, 6.07) is 10.4. The van der Waals surface area contributed by atoms with Crippen molar-refractivity contribution in [2.75, 3.05) is 0 Å². The standard InChI is InChI=1S/C19H28O/c1-6-19(5,20)18(16(4)14-15(2)3)13-12-17-10-8-7-9-11-17/h7-11,18,20H,2,4,6,12-14H2,1,3,5H3. The molecule has 1 nitrogen and oxygen atoms in total. The molecule has 0 aromatic heterocycles. The van der Waals surface area contributed by atoms with Gasteiger partial charge in [0, 0.05) is 5.92 Å². The molecule has 0 fully saturated rings. The van der Waals surface area contributed by atoms with Crippen LogP contribution in [-0.2, 0) is 6.42 Å². The second kappa shape index (κ2) is 7.44. The zero-order valence-electron chi connectivity index (χ0n) is 13.2. The van der Waals surface area contributed by atoms with E-state index in [2.05, 4.69) is 37.4 Å². The second-order valence-electron chi connectivity index (χ2n) is 6.08. The SMILES string of the molecule is C=C(C)CC(=C)C(CCc1ccccc1)C(C)(O)CC. The molecular formula is C19H28O. The Morgan fingerprint density at radius 2 is 1.85 bits per heavy atom. The molecule has 0 amide bonds. The van der Waals surface area contributed by atoms with E-state index in [9.17, 15) is 5.11 Å². The van der Waals surface area contributed by atoms with Gasteiger partial charge in [-0.25, -0.2) is 0 Å². The van der Waals surface area contributed by atoms with E-state index in [1.165, 1.54) is 5.56 Å². The molecular weight excluding hydrogens is 244 g/mol. The lowest BCUT2D eigenvalue weighted by Crippen LogP contribution is -2.35. The van der Waals surface area contributed by atoms with Crippen molar-refractivity contribution in [3.8, 4) is 0 Å². The molecule has 0 aliphatic heterocycles. The van der Waals surface area contributed by atoms with Gasteiger partial charge in [-0.1, -0.05) is 61.6 Å². The van der Waals surface area contributed by atoms with Gasteiger partial charge in [0.1, 0.15) is 0 Å². The average molecular weight is 272 g/mol. The van der Waals surface area contributed by atoms with Gasteiger partial charge < -0.3 is 5.11 Å². The molecule has 20 heavy (non-hydrogen) atoms. The minimum absolute atomic E-state index is 0.115. The first-order valence-corrected chi connectivity index (χ1v) is 7.45. The van der Waals surface area contributed by atoms with E-state index < -0.39 is 5.60 Å². The van der Waals surface area contributed by atoms with Crippen molar-refractivity contribution in [3.63, 3.8) is 0 Å². The van der Waals surface area contributed by atoms with E-state index in [1.54, 1.807) is 0 Å². The van der Waals surface area contributed by atoms with Gasteiger partial charge in [-0.05, 0) is 45.1 Å². The third kappa shape index (κ3) is 4.97. The van der Waals surface area contributed by atoms with Gasteiger partial charge >= 0.3 is 0 Å². The molecule has 1 N–H and O–H groups in total. The quantitative estimate of drug-likeness (QED) is 0.666. The number of aliphatic hydroxyl groups is 1. The van der Waals surface area contributed by atoms with E-state index in [4.69, 9.17) is 0 Å². The van der Waals surface area contributed by atoms with Gasteiger partial charge in [-0.3, -0.25) is 0 Å². The summed E-state index contributed by atoms with van der Waals surface area (Å²) in [7, 11) is 0.